The lowest BCUT2D eigenvalue weighted by Gasteiger charge is -2.12. The molecule has 0 radical (unpaired) electrons. The monoisotopic (exact) mass is 539 g/mol. The van der Waals surface area contributed by atoms with E-state index >= 15 is 0 Å². The number of hydrogen-bond acceptors (Lipinski definition) is 7. The summed E-state index contributed by atoms with van der Waals surface area (Å²) in [4.78, 5) is 22.5. The van der Waals surface area contributed by atoms with Crippen LogP contribution in [0.2, 0.25) is 0 Å². The quantitative estimate of drug-likeness (QED) is 0.313. The van der Waals surface area contributed by atoms with Crippen molar-refractivity contribution in [1.29, 1.82) is 0 Å². The smallest absolute Gasteiger partial charge is 0.416 e. The summed E-state index contributed by atoms with van der Waals surface area (Å²) in [5.41, 5.74) is -1.23. The van der Waals surface area contributed by atoms with Crippen molar-refractivity contribution in [2.24, 2.45) is 7.05 Å². The number of alkyl halides is 3. The fraction of sp³-hybridized carbons (Fsp3) is 0.273. The molecule has 1 aliphatic rings. The van der Waals surface area contributed by atoms with E-state index in [1.54, 1.807) is 0 Å². The molecule has 15 heteroatoms. The molecule has 11 nitrogen and oxygen atoms in total. The van der Waals surface area contributed by atoms with Crippen molar-refractivity contribution in [1.82, 2.24) is 19.8 Å². The molecule has 37 heavy (non-hydrogen) atoms. The van der Waals surface area contributed by atoms with E-state index in [4.69, 9.17) is 4.74 Å². The molecule has 1 aliphatic carbocycles. The SMILES string of the molecule is Cn1nc(C(=O)NCc2cccc(C(F)(F)F)c2)cc1Oc1ccc([N+](=O)[O-])cc1S(=O)(=O)NC1CC1. The summed E-state index contributed by atoms with van der Waals surface area (Å²) in [5, 5.41) is 17.6. The Morgan fingerprint density at radius 2 is 1.95 bits per heavy atom. The number of nitrogens with one attached hydrogen (secondary N) is 2. The summed E-state index contributed by atoms with van der Waals surface area (Å²) < 4.78 is 73.5. The number of nitrogens with zero attached hydrogens (tertiary/aromatic N) is 3. The van der Waals surface area contributed by atoms with Crippen molar-refractivity contribution in [2.75, 3.05) is 0 Å². The second-order valence-electron chi connectivity index (χ2n) is 8.26. The van der Waals surface area contributed by atoms with Gasteiger partial charge in [0.1, 0.15) is 10.6 Å². The van der Waals surface area contributed by atoms with Crippen LogP contribution in [0.5, 0.6) is 11.6 Å². The number of aryl methyl sites for hydroxylation is 1. The highest BCUT2D eigenvalue weighted by atomic mass is 32.2. The molecule has 3 aromatic rings. The van der Waals surface area contributed by atoms with Crippen LogP contribution in [-0.2, 0) is 29.8 Å². The van der Waals surface area contributed by atoms with Crippen molar-refractivity contribution in [3.63, 3.8) is 0 Å². The highest BCUT2D eigenvalue weighted by molar-refractivity contribution is 7.89. The number of nitro groups is 1. The Morgan fingerprint density at radius 3 is 2.59 bits per heavy atom. The van der Waals surface area contributed by atoms with Crippen molar-refractivity contribution < 1.29 is 36.0 Å². The Hall–Kier alpha value is -3.98. The van der Waals surface area contributed by atoms with Gasteiger partial charge in [-0.15, -0.1) is 0 Å². The van der Waals surface area contributed by atoms with Crippen molar-refractivity contribution in [2.45, 2.75) is 36.5 Å². The zero-order valence-electron chi connectivity index (χ0n) is 19.2. The van der Waals surface area contributed by atoms with Gasteiger partial charge in [0.25, 0.3) is 11.6 Å². The van der Waals surface area contributed by atoms with Crippen LogP contribution >= 0.6 is 0 Å². The number of aromatic nitrogens is 2. The third kappa shape index (κ3) is 6.24. The minimum Gasteiger partial charge on any atom is -0.438 e. The number of hydrogen-bond donors (Lipinski definition) is 2. The van der Waals surface area contributed by atoms with E-state index in [1.165, 1.54) is 25.2 Å². The summed E-state index contributed by atoms with van der Waals surface area (Å²) in [6, 6.07) is 8.50. The molecule has 196 valence electrons. The fourth-order valence-electron chi connectivity index (χ4n) is 3.29. The summed E-state index contributed by atoms with van der Waals surface area (Å²) in [7, 11) is -2.73. The first-order chi connectivity index (χ1) is 17.3. The molecule has 0 atom stereocenters. The van der Waals surface area contributed by atoms with E-state index in [2.05, 4.69) is 15.1 Å². The average Bonchev–Trinajstić information content (AvgIpc) is 3.56. The molecule has 1 fully saturated rings. The molecule has 4 rings (SSSR count). The number of carbonyl (C=O) groups is 1. The molecule has 0 aliphatic heterocycles. The van der Waals surface area contributed by atoms with Gasteiger partial charge in [0, 0.05) is 37.8 Å². The van der Waals surface area contributed by atoms with E-state index in [0.29, 0.717) is 12.8 Å². The highest BCUT2D eigenvalue weighted by Gasteiger charge is 2.32. The number of nitro benzene ring substituents is 1. The molecule has 1 saturated carbocycles. The van der Waals surface area contributed by atoms with E-state index in [0.717, 1.165) is 35.0 Å². The lowest BCUT2D eigenvalue weighted by Crippen LogP contribution is -2.26. The summed E-state index contributed by atoms with van der Waals surface area (Å²) >= 11 is 0. The van der Waals surface area contributed by atoms with Gasteiger partial charge in [0.2, 0.25) is 15.9 Å². The minimum atomic E-state index is -4.52. The largest absolute Gasteiger partial charge is 0.438 e. The molecular formula is C22H20F3N5O6S. The molecule has 1 amide bonds. The fourth-order valence-corrected chi connectivity index (χ4v) is 4.74. The minimum absolute atomic E-state index is 0.0547. The number of ether oxygens (including phenoxy) is 1. The first-order valence-corrected chi connectivity index (χ1v) is 12.3. The van der Waals surface area contributed by atoms with E-state index in [9.17, 15) is 36.5 Å². The van der Waals surface area contributed by atoms with Crippen LogP contribution in [0.25, 0.3) is 0 Å². The normalized spacial score (nSPS) is 13.8. The standard InChI is InChI=1S/C22H20F3N5O6S/c1-29-20(11-17(27-29)21(31)26-12-13-3-2-4-14(9-13)22(23,24)25)36-18-8-7-16(30(32)33)10-19(18)37(34,35)28-15-5-6-15/h2-4,7-11,15,28H,5-6,12H2,1H3,(H,26,31). The second-order valence-corrected chi connectivity index (χ2v) is 9.94. The van der Waals surface area contributed by atoms with Gasteiger partial charge in [-0.25, -0.2) is 17.8 Å². The molecule has 0 unspecified atom stereocenters. The van der Waals surface area contributed by atoms with Crippen molar-refractivity contribution in [3.8, 4) is 11.6 Å². The second kappa shape index (κ2) is 9.82. The maximum atomic E-state index is 12.9. The Morgan fingerprint density at radius 1 is 1.22 bits per heavy atom. The number of non-ortho nitro benzene ring substituents is 1. The third-order valence-corrected chi connectivity index (χ3v) is 6.86. The Kier molecular flexibility index (Phi) is 6.92. The number of halogens is 3. The zero-order valence-corrected chi connectivity index (χ0v) is 20.0. The van der Waals surface area contributed by atoms with Gasteiger partial charge in [0.05, 0.1) is 10.5 Å². The lowest BCUT2D eigenvalue weighted by molar-refractivity contribution is -0.385. The first kappa shape index (κ1) is 26.1. The Labute approximate surface area is 208 Å². The lowest BCUT2D eigenvalue weighted by atomic mass is 10.1. The van der Waals surface area contributed by atoms with E-state index in [-0.39, 0.29) is 35.5 Å². The third-order valence-electron chi connectivity index (χ3n) is 5.32. The highest BCUT2D eigenvalue weighted by Crippen LogP contribution is 2.34. The van der Waals surface area contributed by atoms with Gasteiger partial charge in [-0.05, 0) is 36.6 Å². The maximum absolute atomic E-state index is 12.9. The van der Waals surface area contributed by atoms with Crippen molar-refractivity contribution >= 4 is 21.6 Å². The van der Waals surface area contributed by atoms with Crippen LogP contribution in [0.3, 0.4) is 0 Å². The number of carbonyl (C=O) groups excluding carboxylic acids is 1. The van der Waals surface area contributed by atoms with E-state index in [1.807, 2.05) is 0 Å². The molecule has 2 N–H and O–H groups in total. The number of sulfonamides is 1. The van der Waals surface area contributed by atoms with Gasteiger partial charge >= 0.3 is 6.18 Å². The molecule has 0 bridgehead atoms. The molecular weight excluding hydrogens is 519 g/mol. The summed E-state index contributed by atoms with van der Waals surface area (Å²) in [6.07, 6.45) is -3.23. The summed E-state index contributed by atoms with van der Waals surface area (Å²) in [6.45, 7) is -0.201. The van der Waals surface area contributed by atoms with Crippen LogP contribution in [0, 0.1) is 10.1 Å². The predicted molar refractivity (Wildman–Crippen MR) is 122 cm³/mol. The van der Waals surface area contributed by atoms with Gasteiger partial charge in [0.15, 0.2) is 5.69 Å². The average molecular weight is 539 g/mol. The Balaban J connectivity index is 1.53. The summed E-state index contributed by atoms with van der Waals surface area (Å²) in [5.74, 6) is -0.992. The first-order valence-electron chi connectivity index (χ1n) is 10.8. The molecule has 0 saturated heterocycles. The molecule has 0 spiro atoms. The van der Waals surface area contributed by atoms with Gasteiger partial charge in [-0.3, -0.25) is 14.9 Å². The molecule has 2 aromatic carbocycles. The van der Waals surface area contributed by atoms with Gasteiger partial charge in [-0.2, -0.15) is 18.3 Å². The van der Waals surface area contributed by atoms with Crippen LogP contribution in [0.15, 0.2) is 53.4 Å². The van der Waals surface area contributed by atoms with Crippen LogP contribution in [0.1, 0.15) is 34.5 Å². The van der Waals surface area contributed by atoms with Crippen LogP contribution in [0.4, 0.5) is 18.9 Å². The number of amides is 1. The van der Waals surface area contributed by atoms with Gasteiger partial charge < -0.3 is 10.1 Å². The van der Waals surface area contributed by atoms with Crippen LogP contribution < -0.4 is 14.8 Å². The van der Waals surface area contributed by atoms with Crippen LogP contribution in [-0.4, -0.2) is 35.1 Å². The zero-order chi connectivity index (χ0) is 27.0. The van der Waals surface area contributed by atoms with E-state index < -0.39 is 43.2 Å². The van der Waals surface area contributed by atoms with Gasteiger partial charge in [-0.1, -0.05) is 12.1 Å². The van der Waals surface area contributed by atoms with Crippen molar-refractivity contribution in [3.05, 3.63) is 75.5 Å². The maximum Gasteiger partial charge on any atom is 0.416 e. The molecule has 1 aromatic heterocycles. The predicted octanol–water partition coefficient (Wildman–Crippen LogP) is 3.51. The molecule has 1 heterocycles. The topological polar surface area (TPSA) is 145 Å². The Bertz CT molecular complexity index is 1470. The number of benzene rings is 2. The number of rotatable bonds is 9.